The highest BCUT2D eigenvalue weighted by atomic mass is 79.9. The van der Waals surface area contributed by atoms with Gasteiger partial charge in [0.25, 0.3) is 0 Å². The first-order chi connectivity index (χ1) is 12.7. The lowest BCUT2D eigenvalue weighted by Crippen LogP contribution is -2.39. The molecule has 3 nitrogen and oxygen atoms in total. The van der Waals surface area contributed by atoms with Crippen LogP contribution in [0.4, 0.5) is 13.2 Å². The summed E-state index contributed by atoms with van der Waals surface area (Å²) in [5.41, 5.74) is -0.843. The van der Waals surface area contributed by atoms with Gasteiger partial charge in [-0.2, -0.15) is 17.5 Å². The summed E-state index contributed by atoms with van der Waals surface area (Å²) >= 11 is 3.43. The molecular formula is C19H27BrF3NO2S. The molecule has 1 aliphatic carbocycles. The molecule has 0 amide bonds. The van der Waals surface area contributed by atoms with Gasteiger partial charge in [-0.3, -0.25) is 0 Å². The Hall–Kier alpha value is -0.600. The van der Waals surface area contributed by atoms with E-state index in [1.165, 1.54) is 37.0 Å². The van der Waals surface area contributed by atoms with Gasteiger partial charge in [-0.25, -0.2) is 8.42 Å². The van der Waals surface area contributed by atoms with Gasteiger partial charge in [-0.15, -0.1) is 0 Å². The van der Waals surface area contributed by atoms with Crippen molar-refractivity contribution in [3.63, 3.8) is 0 Å². The Morgan fingerprint density at radius 1 is 1.04 bits per heavy atom. The molecule has 154 valence electrons. The Balaban J connectivity index is 1.94. The topological polar surface area (TPSA) is 37.4 Å². The average Bonchev–Trinajstić information content (AvgIpc) is 2.64. The SMILES string of the molecule is CN(C1CCC(CCCCCBr)CC1)S(=O)(=O)c1ccc(C(F)(F)F)cc1. The molecule has 27 heavy (non-hydrogen) atoms. The van der Waals surface area contributed by atoms with E-state index in [-0.39, 0.29) is 10.9 Å². The van der Waals surface area contributed by atoms with E-state index in [9.17, 15) is 21.6 Å². The lowest BCUT2D eigenvalue weighted by molar-refractivity contribution is -0.137. The molecule has 1 aromatic carbocycles. The molecule has 0 unspecified atom stereocenters. The quantitative estimate of drug-likeness (QED) is 0.354. The van der Waals surface area contributed by atoms with Crippen molar-refractivity contribution in [1.82, 2.24) is 4.31 Å². The molecule has 1 fully saturated rings. The predicted molar refractivity (Wildman–Crippen MR) is 104 cm³/mol. The van der Waals surface area contributed by atoms with Gasteiger partial charge in [0.05, 0.1) is 10.5 Å². The molecule has 1 aromatic rings. The molecule has 2 rings (SSSR count). The number of benzene rings is 1. The maximum atomic E-state index is 12.8. The second kappa shape index (κ2) is 9.74. The molecule has 0 N–H and O–H groups in total. The summed E-state index contributed by atoms with van der Waals surface area (Å²) in [4.78, 5) is -0.0881. The Morgan fingerprint density at radius 2 is 1.63 bits per heavy atom. The van der Waals surface area contributed by atoms with Crippen molar-refractivity contribution in [1.29, 1.82) is 0 Å². The van der Waals surface area contributed by atoms with Crippen LogP contribution in [0.5, 0.6) is 0 Å². The zero-order valence-corrected chi connectivity index (χ0v) is 17.9. The fraction of sp³-hybridized carbons (Fsp3) is 0.684. The van der Waals surface area contributed by atoms with Crippen molar-refractivity contribution in [3.05, 3.63) is 29.8 Å². The van der Waals surface area contributed by atoms with Crippen LogP contribution in [0.3, 0.4) is 0 Å². The molecule has 0 bridgehead atoms. The smallest absolute Gasteiger partial charge is 0.207 e. The number of nitrogens with zero attached hydrogens (tertiary/aromatic N) is 1. The fourth-order valence-corrected chi connectivity index (χ4v) is 5.49. The first-order valence-corrected chi connectivity index (χ1v) is 11.9. The average molecular weight is 470 g/mol. The third-order valence-electron chi connectivity index (χ3n) is 5.44. The highest BCUT2D eigenvalue weighted by molar-refractivity contribution is 9.09. The Morgan fingerprint density at radius 3 is 2.15 bits per heavy atom. The zero-order valence-electron chi connectivity index (χ0n) is 15.5. The third-order valence-corrected chi connectivity index (χ3v) is 7.92. The van der Waals surface area contributed by atoms with Crippen molar-refractivity contribution < 1.29 is 21.6 Å². The Bertz CT molecular complexity index is 684. The minimum Gasteiger partial charge on any atom is -0.207 e. The van der Waals surface area contributed by atoms with Gasteiger partial charge < -0.3 is 0 Å². The van der Waals surface area contributed by atoms with Crippen molar-refractivity contribution >= 4 is 26.0 Å². The van der Waals surface area contributed by atoms with Crippen LogP contribution in [0.25, 0.3) is 0 Å². The molecule has 1 aliphatic rings. The number of unbranched alkanes of at least 4 members (excludes halogenated alkanes) is 2. The Labute approximate surface area is 168 Å². The second-order valence-electron chi connectivity index (χ2n) is 7.26. The summed E-state index contributed by atoms with van der Waals surface area (Å²) in [5.74, 6) is 0.652. The number of hydrogen-bond donors (Lipinski definition) is 0. The molecular weight excluding hydrogens is 443 g/mol. The normalized spacial score (nSPS) is 21.6. The van der Waals surface area contributed by atoms with Crippen molar-refractivity contribution in [2.75, 3.05) is 12.4 Å². The molecule has 0 aromatic heterocycles. The van der Waals surface area contributed by atoms with Gasteiger partial charge in [0.1, 0.15) is 0 Å². The molecule has 1 saturated carbocycles. The van der Waals surface area contributed by atoms with Crippen LogP contribution in [0.1, 0.15) is 56.9 Å². The molecule has 0 atom stereocenters. The van der Waals surface area contributed by atoms with E-state index in [4.69, 9.17) is 0 Å². The fourth-order valence-electron chi connectivity index (χ4n) is 3.68. The van der Waals surface area contributed by atoms with Crippen molar-refractivity contribution in [2.24, 2.45) is 5.92 Å². The van der Waals surface area contributed by atoms with E-state index in [1.54, 1.807) is 0 Å². The summed E-state index contributed by atoms with van der Waals surface area (Å²) in [6, 6.07) is 3.65. The summed E-state index contributed by atoms with van der Waals surface area (Å²) in [6.07, 6.45) is 3.95. The van der Waals surface area contributed by atoms with E-state index in [0.29, 0.717) is 5.92 Å². The standard InChI is InChI=1S/C19H27BrF3NO2S/c1-24(17-10-6-15(7-11-17)5-3-2-4-14-20)27(25,26)18-12-8-16(9-13-18)19(21,22)23/h8-9,12-13,15,17H,2-7,10-11,14H2,1H3. The number of sulfonamides is 1. The van der Waals surface area contributed by atoms with Gasteiger partial charge in [0, 0.05) is 18.4 Å². The lowest BCUT2D eigenvalue weighted by atomic mass is 9.83. The van der Waals surface area contributed by atoms with Gasteiger partial charge >= 0.3 is 6.18 Å². The predicted octanol–water partition coefficient (Wildman–Crippen LogP) is 5.84. The van der Waals surface area contributed by atoms with Gasteiger partial charge in [-0.1, -0.05) is 35.2 Å². The summed E-state index contributed by atoms with van der Waals surface area (Å²) < 4.78 is 64.9. The maximum absolute atomic E-state index is 12.8. The van der Waals surface area contributed by atoms with Crippen LogP contribution in [-0.4, -0.2) is 31.1 Å². The van der Waals surface area contributed by atoms with Gasteiger partial charge in [0.2, 0.25) is 10.0 Å². The minimum atomic E-state index is -4.47. The van der Waals surface area contributed by atoms with Crippen LogP contribution >= 0.6 is 15.9 Å². The van der Waals surface area contributed by atoms with Crippen molar-refractivity contribution in [2.45, 2.75) is 68.5 Å². The molecule has 0 spiro atoms. The van der Waals surface area contributed by atoms with Gasteiger partial charge in [0.15, 0.2) is 0 Å². The highest BCUT2D eigenvalue weighted by Gasteiger charge is 2.33. The molecule has 0 saturated heterocycles. The summed E-state index contributed by atoms with van der Waals surface area (Å²) in [7, 11) is -2.25. The highest BCUT2D eigenvalue weighted by Crippen LogP contribution is 2.34. The zero-order chi connectivity index (χ0) is 20.1. The van der Waals surface area contributed by atoms with Gasteiger partial charge in [-0.05, 0) is 62.3 Å². The van der Waals surface area contributed by atoms with Crippen LogP contribution < -0.4 is 0 Å². The maximum Gasteiger partial charge on any atom is 0.416 e. The number of alkyl halides is 4. The third kappa shape index (κ3) is 6.19. The summed E-state index contributed by atoms with van der Waals surface area (Å²) in [6.45, 7) is 0. The van der Waals surface area contributed by atoms with E-state index in [0.717, 1.165) is 55.3 Å². The monoisotopic (exact) mass is 469 g/mol. The molecule has 0 aliphatic heterocycles. The van der Waals surface area contributed by atoms with E-state index in [2.05, 4.69) is 15.9 Å². The first kappa shape index (κ1) is 22.7. The molecule has 8 heteroatoms. The minimum absolute atomic E-state index is 0.0870. The van der Waals surface area contributed by atoms with Crippen LogP contribution in [0.2, 0.25) is 0 Å². The summed E-state index contributed by atoms with van der Waals surface area (Å²) in [5, 5.41) is 1.03. The van der Waals surface area contributed by atoms with Crippen molar-refractivity contribution in [3.8, 4) is 0 Å². The lowest BCUT2D eigenvalue weighted by Gasteiger charge is -2.34. The first-order valence-electron chi connectivity index (χ1n) is 9.37. The molecule has 0 heterocycles. The second-order valence-corrected chi connectivity index (χ2v) is 10.0. The van der Waals surface area contributed by atoms with Crippen LogP contribution in [0, 0.1) is 5.92 Å². The van der Waals surface area contributed by atoms with E-state index in [1.807, 2.05) is 0 Å². The van der Waals surface area contributed by atoms with Crippen LogP contribution in [0.15, 0.2) is 29.2 Å². The van der Waals surface area contributed by atoms with E-state index >= 15 is 0 Å². The largest absolute Gasteiger partial charge is 0.416 e. The molecule has 0 radical (unpaired) electrons. The van der Waals surface area contributed by atoms with Crippen LogP contribution in [-0.2, 0) is 16.2 Å². The van der Waals surface area contributed by atoms with E-state index < -0.39 is 21.8 Å². The Kier molecular flexibility index (Phi) is 8.19. The number of hydrogen-bond acceptors (Lipinski definition) is 2. The number of halogens is 4. The number of rotatable bonds is 8.